The third kappa shape index (κ3) is 4.51. The number of benzene rings is 1. The minimum Gasteiger partial charge on any atom is -0.389 e. The molecule has 5 heteroatoms. The highest BCUT2D eigenvalue weighted by atomic mass is 16.5. The Kier molecular flexibility index (Phi) is 5.38. The summed E-state index contributed by atoms with van der Waals surface area (Å²) in [5.41, 5.74) is 1.46. The molecule has 1 fully saturated rings. The zero-order valence-corrected chi connectivity index (χ0v) is 11.8. The molecule has 0 radical (unpaired) electrons. The number of rotatable bonds is 4. The Morgan fingerprint density at radius 1 is 1.55 bits per heavy atom. The lowest BCUT2D eigenvalue weighted by molar-refractivity contribution is 0.0559. The largest absolute Gasteiger partial charge is 0.389 e. The van der Waals surface area contributed by atoms with Gasteiger partial charge in [0, 0.05) is 18.8 Å². The van der Waals surface area contributed by atoms with E-state index >= 15 is 0 Å². The van der Waals surface area contributed by atoms with Crippen LogP contribution >= 0.6 is 0 Å². The van der Waals surface area contributed by atoms with E-state index in [0.717, 1.165) is 31.6 Å². The van der Waals surface area contributed by atoms with Gasteiger partial charge >= 0.3 is 6.03 Å². The maximum atomic E-state index is 11.8. The van der Waals surface area contributed by atoms with Gasteiger partial charge in [0.25, 0.3) is 0 Å². The lowest BCUT2D eigenvalue weighted by Gasteiger charge is -2.22. The number of nitrogens with one attached hydrogen (secondary N) is 2. The summed E-state index contributed by atoms with van der Waals surface area (Å²) in [6.45, 7) is 3.87. The van der Waals surface area contributed by atoms with Crippen molar-refractivity contribution in [3.63, 3.8) is 0 Å². The van der Waals surface area contributed by atoms with E-state index in [-0.39, 0.29) is 6.03 Å². The van der Waals surface area contributed by atoms with E-state index in [4.69, 9.17) is 4.74 Å². The molecule has 1 heterocycles. The third-order valence-electron chi connectivity index (χ3n) is 3.43. The molecule has 2 amide bonds. The van der Waals surface area contributed by atoms with Crippen LogP contribution in [0.5, 0.6) is 0 Å². The van der Waals surface area contributed by atoms with Gasteiger partial charge in [0.05, 0.1) is 12.7 Å². The van der Waals surface area contributed by atoms with Crippen LogP contribution in [0.25, 0.3) is 0 Å². The molecule has 110 valence electrons. The van der Waals surface area contributed by atoms with E-state index in [9.17, 15) is 9.90 Å². The lowest BCUT2D eigenvalue weighted by atomic mass is 10.0. The Morgan fingerprint density at radius 3 is 3.10 bits per heavy atom. The van der Waals surface area contributed by atoms with Crippen LogP contribution < -0.4 is 10.6 Å². The molecule has 2 atom stereocenters. The quantitative estimate of drug-likeness (QED) is 0.791. The number of aliphatic hydroxyl groups is 1. The molecule has 0 spiro atoms. The minimum absolute atomic E-state index is 0.224. The summed E-state index contributed by atoms with van der Waals surface area (Å²) < 4.78 is 5.38. The van der Waals surface area contributed by atoms with Gasteiger partial charge < -0.3 is 20.5 Å². The number of amides is 2. The number of hydrogen-bond donors (Lipinski definition) is 3. The smallest absolute Gasteiger partial charge is 0.319 e. The number of carbonyl (C=O) groups is 1. The minimum atomic E-state index is -0.542. The topological polar surface area (TPSA) is 70.6 Å². The fourth-order valence-electron chi connectivity index (χ4n) is 2.26. The van der Waals surface area contributed by atoms with Gasteiger partial charge in [0.2, 0.25) is 0 Å². The van der Waals surface area contributed by atoms with Gasteiger partial charge in [0.1, 0.15) is 0 Å². The molecular formula is C15H22N2O3. The summed E-state index contributed by atoms with van der Waals surface area (Å²) in [5, 5.41) is 15.1. The lowest BCUT2D eigenvalue weighted by Crippen LogP contribution is -2.35. The van der Waals surface area contributed by atoms with E-state index < -0.39 is 6.10 Å². The predicted molar refractivity (Wildman–Crippen MR) is 77.6 cm³/mol. The van der Waals surface area contributed by atoms with E-state index in [2.05, 4.69) is 10.6 Å². The summed E-state index contributed by atoms with van der Waals surface area (Å²) in [6.07, 6.45) is 1.61. The molecule has 2 rings (SSSR count). The Labute approximate surface area is 119 Å². The van der Waals surface area contributed by atoms with Crippen molar-refractivity contribution in [1.82, 2.24) is 5.32 Å². The van der Waals surface area contributed by atoms with Crippen molar-refractivity contribution >= 4 is 11.7 Å². The molecule has 20 heavy (non-hydrogen) atoms. The molecule has 0 aliphatic carbocycles. The summed E-state index contributed by atoms with van der Waals surface area (Å²) >= 11 is 0. The van der Waals surface area contributed by atoms with Crippen LogP contribution in [-0.2, 0) is 4.74 Å². The van der Waals surface area contributed by atoms with Gasteiger partial charge in [0.15, 0.2) is 0 Å². The molecule has 2 unspecified atom stereocenters. The second-order valence-corrected chi connectivity index (χ2v) is 5.22. The second kappa shape index (κ2) is 7.26. The zero-order chi connectivity index (χ0) is 14.4. The summed E-state index contributed by atoms with van der Waals surface area (Å²) in [7, 11) is 0. The zero-order valence-electron chi connectivity index (χ0n) is 11.8. The number of ether oxygens (including phenoxy) is 1. The molecule has 0 saturated carbocycles. The van der Waals surface area contributed by atoms with Crippen LogP contribution in [0.4, 0.5) is 10.5 Å². The predicted octanol–water partition coefficient (Wildman–Crippen LogP) is 2.29. The molecule has 1 aromatic carbocycles. The highest BCUT2D eigenvalue weighted by Crippen LogP contribution is 2.17. The number of hydrogen-bond acceptors (Lipinski definition) is 3. The van der Waals surface area contributed by atoms with Gasteiger partial charge in [-0.1, -0.05) is 12.1 Å². The highest BCUT2D eigenvalue weighted by Gasteiger charge is 2.14. The van der Waals surface area contributed by atoms with Crippen molar-refractivity contribution in [2.45, 2.75) is 25.9 Å². The van der Waals surface area contributed by atoms with Crippen molar-refractivity contribution in [2.75, 3.05) is 25.1 Å². The Hall–Kier alpha value is -1.59. The van der Waals surface area contributed by atoms with Crippen molar-refractivity contribution in [1.29, 1.82) is 0 Å². The van der Waals surface area contributed by atoms with Crippen LogP contribution in [0.1, 0.15) is 31.4 Å². The number of anilines is 1. The van der Waals surface area contributed by atoms with Crippen molar-refractivity contribution in [3.05, 3.63) is 29.8 Å². The summed E-state index contributed by atoms with van der Waals surface area (Å²) in [6, 6.07) is 6.99. The van der Waals surface area contributed by atoms with Gasteiger partial charge in [-0.3, -0.25) is 0 Å². The van der Waals surface area contributed by atoms with Crippen LogP contribution in [0.3, 0.4) is 0 Å². The monoisotopic (exact) mass is 278 g/mol. The molecule has 0 aromatic heterocycles. The first-order valence-corrected chi connectivity index (χ1v) is 7.06. The maximum absolute atomic E-state index is 11.8. The van der Waals surface area contributed by atoms with Crippen molar-refractivity contribution in [2.24, 2.45) is 5.92 Å². The molecule has 5 nitrogen and oxygen atoms in total. The van der Waals surface area contributed by atoms with Gasteiger partial charge in [-0.2, -0.15) is 0 Å². The second-order valence-electron chi connectivity index (χ2n) is 5.22. The first-order valence-electron chi connectivity index (χ1n) is 7.06. The van der Waals surface area contributed by atoms with Crippen LogP contribution in [-0.4, -0.2) is 30.9 Å². The first-order chi connectivity index (χ1) is 9.65. The van der Waals surface area contributed by atoms with Gasteiger partial charge in [-0.25, -0.2) is 4.79 Å². The highest BCUT2D eigenvalue weighted by molar-refractivity contribution is 5.89. The molecule has 3 N–H and O–H groups in total. The fourth-order valence-corrected chi connectivity index (χ4v) is 2.26. The molecular weight excluding hydrogens is 256 g/mol. The SMILES string of the molecule is CC(O)c1cccc(NC(=O)NCC2CCCOC2)c1. The first kappa shape index (κ1) is 14.8. The van der Waals surface area contributed by atoms with Crippen LogP contribution in [0, 0.1) is 5.92 Å². The molecule has 1 aliphatic rings. The maximum Gasteiger partial charge on any atom is 0.319 e. The van der Waals surface area contributed by atoms with Crippen molar-refractivity contribution < 1.29 is 14.6 Å². The van der Waals surface area contributed by atoms with Crippen molar-refractivity contribution in [3.8, 4) is 0 Å². The summed E-state index contributed by atoms with van der Waals surface area (Å²) in [4.78, 5) is 11.8. The van der Waals surface area contributed by atoms with E-state index in [1.165, 1.54) is 0 Å². The van der Waals surface area contributed by atoms with E-state index in [0.29, 0.717) is 18.2 Å². The van der Waals surface area contributed by atoms with Crippen LogP contribution in [0.15, 0.2) is 24.3 Å². The average Bonchev–Trinajstić information content (AvgIpc) is 2.46. The normalized spacial score (nSPS) is 20.2. The Bertz CT molecular complexity index is 442. The molecule has 0 bridgehead atoms. The molecule has 1 saturated heterocycles. The molecule has 1 aliphatic heterocycles. The Morgan fingerprint density at radius 2 is 2.40 bits per heavy atom. The number of carbonyl (C=O) groups excluding carboxylic acids is 1. The van der Waals surface area contributed by atoms with E-state index in [1.807, 2.05) is 12.1 Å². The van der Waals surface area contributed by atoms with Crippen LogP contribution in [0.2, 0.25) is 0 Å². The van der Waals surface area contributed by atoms with E-state index in [1.54, 1.807) is 19.1 Å². The molecule has 1 aromatic rings. The third-order valence-corrected chi connectivity index (χ3v) is 3.43. The Balaban J connectivity index is 1.80. The average molecular weight is 278 g/mol. The number of aliphatic hydroxyl groups excluding tert-OH is 1. The summed E-state index contributed by atoms with van der Waals surface area (Å²) in [5.74, 6) is 0.401. The number of urea groups is 1. The standard InChI is InChI=1S/C15H22N2O3/c1-11(18)13-5-2-6-14(8-13)17-15(19)16-9-12-4-3-7-20-10-12/h2,5-6,8,11-12,18H,3-4,7,9-10H2,1H3,(H2,16,17,19). The fraction of sp³-hybridized carbons (Fsp3) is 0.533. The van der Waals surface area contributed by atoms with Gasteiger partial charge in [-0.05, 0) is 43.4 Å². The van der Waals surface area contributed by atoms with Gasteiger partial charge in [-0.15, -0.1) is 0 Å².